The molecule has 118 valence electrons. The summed E-state index contributed by atoms with van der Waals surface area (Å²) < 4.78 is 4.53. The van der Waals surface area contributed by atoms with Gasteiger partial charge in [0.15, 0.2) is 0 Å². The first-order chi connectivity index (χ1) is 9.79. The van der Waals surface area contributed by atoms with E-state index in [0.717, 1.165) is 4.20 Å². The van der Waals surface area contributed by atoms with Gasteiger partial charge >= 0.3 is 0 Å². The highest BCUT2D eigenvalue weighted by Gasteiger charge is 2.36. The number of hydrogen-bond acceptors (Lipinski definition) is 6. The van der Waals surface area contributed by atoms with Gasteiger partial charge in [-0.2, -0.15) is 0 Å². The topological polar surface area (TPSA) is 0 Å². The molecule has 0 N–H and O–H groups in total. The fourth-order valence-corrected chi connectivity index (χ4v) is 10.7. The summed E-state index contributed by atoms with van der Waals surface area (Å²) in [7, 11) is 0. The van der Waals surface area contributed by atoms with Crippen LogP contribution in [0.15, 0.2) is 8.42 Å². The van der Waals surface area contributed by atoms with Crippen molar-refractivity contribution in [3.05, 3.63) is 11.1 Å². The average molecular weight is 395 g/mol. The third kappa shape index (κ3) is 4.60. The van der Waals surface area contributed by atoms with Gasteiger partial charge in [0.1, 0.15) is 0 Å². The summed E-state index contributed by atoms with van der Waals surface area (Å²) in [6.07, 6.45) is 0. The maximum atomic E-state index is 5.70. The lowest BCUT2D eigenvalue weighted by atomic mass is 10.2. The normalized spacial score (nSPS) is 18.3. The Balaban J connectivity index is 2.43. The van der Waals surface area contributed by atoms with E-state index in [0.29, 0.717) is 20.3 Å². The third-order valence-electron chi connectivity index (χ3n) is 2.61. The molecule has 0 saturated carbocycles. The van der Waals surface area contributed by atoms with Crippen LogP contribution in [0.25, 0.3) is 0 Å². The molecule has 0 spiro atoms. The van der Waals surface area contributed by atoms with Gasteiger partial charge < -0.3 is 0 Å². The molecule has 0 aromatic carbocycles. The van der Waals surface area contributed by atoms with Gasteiger partial charge in [-0.25, -0.2) is 0 Å². The zero-order valence-electron chi connectivity index (χ0n) is 13.3. The van der Waals surface area contributed by atoms with Crippen molar-refractivity contribution in [2.24, 2.45) is 0 Å². The minimum Gasteiger partial charge on any atom is -0.139 e. The summed E-state index contributed by atoms with van der Waals surface area (Å²) in [5, 5.41) is 1.86. The van der Waals surface area contributed by atoms with Gasteiger partial charge in [-0.3, -0.25) is 0 Å². The number of fused-ring (bicyclic) bond motifs is 1. The van der Waals surface area contributed by atoms with Crippen molar-refractivity contribution in [2.75, 3.05) is 0 Å². The lowest BCUT2D eigenvalue weighted by Crippen LogP contribution is -1.94. The maximum absolute atomic E-state index is 5.70. The lowest BCUT2D eigenvalue weighted by Gasteiger charge is -2.14. The Bertz CT molecular complexity index is 514. The molecule has 1 aliphatic rings. The third-order valence-corrected chi connectivity index (χ3v) is 9.29. The largest absolute Gasteiger partial charge is 0.139 e. The van der Waals surface area contributed by atoms with E-state index in [2.05, 4.69) is 41.5 Å². The van der Waals surface area contributed by atoms with Crippen LogP contribution < -0.4 is 0 Å². The highest BCUT2D eigenvalue weighted by Crippen LogP contribution is 2.59. The molecule has 2 heterocycles. The summed E-state index contributed by atoms with van der Waals surface area (Å²) in [6.45, 7) is 13.6. The van der Waals surface area contributed by atoms with Crippen LogP contribution in [0.4, 0.5) is 0 Å². The zero-order valence-corrected chi connectivity index (χ0v) is 18.2. The molecular weight excluding hydrogens is 373 g/mol. The number of thiocarbonyl (C=S) groups is 1. The molecule has 2 rings (SSSR count). The number of thiophene rings is 1. The quantitative estimate of drug-likeness (QED) is 0.365. The van der Waals surface area contributed by atoms with E-state index in [4.69, 9.17) is 12.2 Å². The van der Waals surface area contributed by atoms with Crippen LogP contribution in [0.3, 0.4) is 0 Å². The molecule has 1 atom stereocenters. The zero-order chi connectivity index (χ0) is 15.7. The highest BCUT2D eigenvalue weighted by atomic mass is 32.2. The summed E-state index contributed by atoms with van der Waals surface area (Å²) in [4.78, 5) is 0. The average Bonchev–Trinajstić information content (AvgIpc) is 2.78. The monoisotopic (exact) mass is 394 g/mol. The Hall–Kier alpha value is 1.19. The summed E-state index contributed by atoms with van der Waals surface area (Å²) in [5.41, 5.74) is 2.91. The molecule has 0 nitrogen and oxygen atoms in total. The number of rotatable bonds is 6. The van der Waals surface area contributed by atoms with E-state index in [1.54, 1.807) is 0 Å². The minimum absolute atomic E-state index is 0.492. The van der Waals surface area contributed by atoms with Crippen molar-refractivity contribution in [3.63, 3.8) is 0 Å². The molecule has 0 aliphatic carbocycles. The second-order valence-corrected chi connectivity index (χ2v) is 14.2. The van der Waals surface area contributed by atoms with Gasteiger partial charge in [-0.1, -0.05) is 65.5 Å². The molecule has 0 bridgehead atoms. The smallest absolute Gasteiger partial charge is 0.0835 e. The fraction of sp³-hybridized carbons (Fsp3) is 0.667. The lowest BCUT2D eigenvalue weighted by molar-refractivity contribution is 1.10. The predicted molar refractivity (Wildman–Crippen MR) is 111 cm³/mol. The minimum atomic E-state index is 0.492. The Morgan fingerprint density at radius 1 is 0.905 bits per heavy atom. The second-order valence-electron chi connectivity index (χ2n) is 5.72. The molecule has 0 amide bonds. The summed E-state index contributed by atoms with van der Waals surface area (Å²) in [6, 6.07) is 0. The van der Waals surface area contributed by atoms with Crippen molar-refractivity contribution in [1.29, 1.82) is 0 Å². The van der Waals surface area contributed by atoms with Gasteiger partial charge in [-0.05, 0) is 0 Å². The van der Waals surface area contributed by atoms with Crippen LogP contribution in [0.2, 0.25) is 0 Å². The van der Waals surface area contributed by atoms with Crippen LogP contribution in [-0.4, -0.2) is 19.9 Å². The molecule has 21 heavy (non-hydrogen) atoms. The molecule has 0 saturated heterocycles. The Morgan fingerprint density at radius 3 is 2.00 bits per heavy atom. The first-order valence-electron chi connectivity index (χ1n) is 7.16. The molecule has 1 aromatic rings. The van der Waals surface area contributed by atoms with Crippen LogP contribution >= 0.6 is 70.6 Å². The van der Waals surface area contributed by atoms with E-state index in [9.17, 15) is 0 Å². The van der Waals surface area contributed by atoms with E-state index in [1.165, 1.54) is 19.5 Å². The number of thioether (sulfide) groups is 4. The Morgan fingerprint density at radius 2 is 1.48 bits per heavy atom. The summed E-state index contributed by atoms with van der Waals surface area (Å²) in [5.74, 6) is 0. The second kappa shape index (κ2) is 7.84. The van der Waals surface area contributed by atoms with Crippen LogP contribution in [0.1, 0.15) is 57.3 Å². The van der Waals surface area contributed by atoms with E-state index >= 15 is 0 Å². The van der Waals surface area contributed by atoms with E-state index in [-0.39, 0.29) is 0 Å². The van der Waals surface area contributed by atoms with Crippen molar-refractivity contribution in [1.82, 2.24) is 0 Å². The van der Waals surface area contributed by atoms with Crippen LogP contribution in [-0.2, 0) is 0 Å². The standard InChI is InChI=1S/C15H22S6/c1-7(2)17-13-10-11(15(21-13)19-9(5)6)14(18-8(3)4)20-12(10)16/h7-9,14H,1-6H3. The van der Waals surface area contributed by atoms with E-state index in [1.807, 2.05) is 58.4 Å². The first-order valence-corrected chi connectivity index (χ1v) is 12.0. The van der Waals surface area contributed by atoms with Crippen LogP contribution in [0, 0.1) is 0 Å². The van der Waals surface area contributed by atoms with Gasteiger partial charge in [0.25, 0.3) is 0 Å². The first kappa shape index (κ1) is 18.5. The molecule has 0 fully saturated rings. The Labute approximate surface area is 155 Å². The van der Waals surface area contributed by atoms with Crippen molar-refractivity contribution in [2.45, 2.75) is 70.3 Å². The van der Waals surface area contributed by atoms with Crippen molar-refractivity contribution in [3.8, 4) is 0 Å². The predicted octanol–water partition coefficient (Wildman–Crippen LogP) is 7.31. The summed E-state index contributed by atoms with van der Waals surface area (Å²) >= 11 is 15.6. The fourth-order valence-electron chi connectivity index (χ4n) is 1.97. The molecule has 1 aliphatic heterocycles. The van der Waals surface area contributed by atoms with Gasteiger partial charge in [-0.15, -0.1) is 46.6 Å². The van der Waals surface area contributed by atoms with Gasteiger partial charge in [0.05, 0.1) is 17.2 Å². The van der Waals surface area contributed by atoms with Crippen molar-refractivity contribution >= 4 is 74.8 Å². The van der Waals surface area contributed by atoms with Crippen molar-refractivity contribution < 1.29 is 0 Å². The highest BCUT2D eigenvalue weighted by molar-refractivity contribution is 8.31. The van der Waals surface area contributed by atoms with Gasteiger partial charge in [0.2, 0.25) is 0 Å². The molecule has 1 unspecified atom stereocenters. The Kier molecular flexibility index (Phi) is 6.92. The maximum Gasteiger partial charge on any atom is 0.0835 e. The van der Waals surface area contributed by atoms with E-state index < -0.39 is 0 Å². The SMILES string of the molecule is CC(C)Sc1sc(SC(C)C)c2c1C(=S)SC2SC(C)C. The van der Waals surface area contributed by atoms with Gasteiger partial charge in [0, 0.05) is 26.9 Å². The van der Waals surface area contributed by atoms with Crippen LogP contribution in [0.5, 0.6) is 0 Å². The molecular formula is C15H22S6. The molecule has 0 radical (unpaired) electrons. The molecule has 6 heteroatoms. The number of hydrogen-bond donors (Lipinski definition) is 0. The molecule has 1 aromatic heterocycles.